The number of rotatable bonds is 7. The smallest absolute Gasteiger partial charge is 0.240 e. The SMILES string of the molecule is CCOCc1ccccc1CNS(=O)(=O)c1cc(Cl)cc(Cl)c1. The molecule has 23 heavy (non-hydrogen) atoms. The normalized spacial score (nSPS) is 11.6. The van der Waals surface area contributed by atoms with Crippen LogP contribution in [0.5, 0.6) is 0 Å². The van der Waals surface area contributed by atoms with Crippen LogP contribution in [0.15, 0.2) is 47.4 Å². The number of halogens is 2. The predicted octanol–water partition coefficient (Wildman–Crippen LogP) is 4.01. The first-order chi connectivity index (χ1) is 10.9. The van der Waals surface area contributed by atoms with Crippen molar-refractivity contribution in [1.82, 2.24) is 4.72 Å². The van der Waals surface area contributed by atoms with Gasteiger partial charge in [0.15, 0.2) is 0 Å². The molecule has 0 atom stereocenters. The molecule has 2 aromatic rings. The van der Waals surface area contributed by atoms with Crippen LogP contribution in [0, 0.1) is 0 Å². The van der Waals surface area contributed by atoms with E-state index in [1.165, 1.54) is 18.2 Å². The van der Waals surface area contributed by atoms with Gasteiger partial charge in [-0.15, -0.1) is 0 Å². The van der Waals surface area contributed by atoms with Gasteiger partial charge < -0.3 is 4.74 Å². The summed E-state index contributed by atoms with van der Waals surface area (Å²) in [6.45, 7) is 3.11. The third-order valence-electron chi connectivity index (χ3n) is 3.18. The molecular formula is C16H17Cl2NO3S. The van der Waals surface area contributed by atoms with Crippen LogP contribution in [0.1, 0.15) is 18.1 Å². The van der Waals surface area contributed by atoms with E-state index in [9.17, 15) is 8.42 Å². The minimum atomic E-state index is -3.70. The second kappa shape index (κ2) is 8.13. The average Bonchev–Trinajstić information content (AvgIpc) is 2.51. The number of nitrogens with one attached hydrogen (secondary N) is 1. The van der Waals surface area contributed by atoms with E-state index in [4.69, 9.17) is 27.9 Å². The van der Waals surface area contributed by atoms with E-state index in [-0.39, 0.29) is 21.5 Å². The van der Waals surface area contributed by atoms with Crippen molar-refractivity contribution in [1.29, 1.82) is 0 Å². The molecule has 0 fully saturated rings. The zero-order valence-electron chi connectivity index (χ0n) is 12.6. The van der Waals surface area contributed by atoms with E-state index in [0.29, 0.717) is 13.2 Å². The van der Waals surface area contributed by atoms with Crippen molar-refractivity contribution in [3.63, 3.8) is 0 Å². The summed E-state index contributed by atoms with van der Waals surface area (Å²) in [6.07, 6.45) is 0. The Morgan fingerprint density at radius 1 is 1.04 bits per heavy atom. The molecule has 0 bridgehead atoms. The summed E-state index contributed by atoms with van der Waals surface area (Å²) < 4.78 is 32.7. The zero-order chi connectivity index (χ0) is 16.9. The Morgan fingerprint density at radius 2 is 1.65 bits per heavy atom. The summed E-state index contributed by atoms with van der Waals surface area (Å²) >= 11 is 11.7. The van der Waals surface area contributed by atoms with Crippen LogP contribution in [0.25, 0.3) is 0 Å². The highest BCUT2D eigenvalue weighted by molar-refractivity contribution is 7.89. The highest BCUT2D eigenvalue weighted by atomic mass is 35.5. The quantitative estimate of drug-likeness (QED) is 0.797. The Kier molecular flexibility index (Phi) is 6.44. The second-order valence-electron chi connectivity index (χ2n) is 4.84. The van der Waals surface area contributed by atoms with Crippen LogP contribution in [0.4, 0.5) is 0 Å². The van der Waals surface area contributed by atoms with Crippen LogP contribution in [0.2, 0.25) is 10.0 Å². The first-order valence-electron chi connectivity index (χ1n) is 7.02. The van der Waals surface area contributed by atoms with Crippen LogP contribution in [0.3, 0.4) is 0 Å². The maximum absolute atomic E-state index is 12.4. The molecule has 0 saturated carbocycles. The lowest BCUT2D eigenvalue weighted by Gasteiger charge is -2.11. The monoisotopic (exact) mass is 373 g/mol. The summed E-state index contributed by atoms with van der Waals surface area (Å²) in [5.74, 6) is 0. The average molecular weight is 374 g/mol. The van der Waals surface area contributed by atoms with E-state index in [0.717, 1.165) is 11.1 Å². The minimum absolute atomic E-state index is 0.0392. The minimum Gasteiger partial charge on any atom is -0.377 e. The first kappa shape index (κ1) is 18.2. The molecule has 0 aliphatic heterocycles. The van der Waals surface area contributed by atoms with Crippen LogP contribution in [-0.2, 0) is 27.9 Å². The van der Waals surface area contributed by atoms with Gasteiger partial charge in [0.2, 0.25) is 10.0 Å². The number of hydrogen-bond donors (Lipinski definition) is 1. The highest BCUT2D eigenvalue weighted by Gasteiger charge is 2.16. The fourth-order valence-electron chi connectivity index (χ4n) is 2.02. The second-order valence-corrected chi connectivity index (χ2v) is 7.48. The van der Waals surface area contributed by atoms with Gasteiger partial charge in [-0.25, -0.2) is 13.1 Å². The molecule has 0 aromatic heterocycles. The van der Waals surface area contributed by atoms with Gasteiger partial charge >= 0.3 is 0 Å². The van der Waals surface area contributed by atoms with Crippen molar-refractivity contribution in [2.24, 2.45) is 0 Å². The number of sulfonamides is 1. The van der Waals surface area contributed by atoms with Crippen molar-refractivity contribution in [2.45, 2.75) is 25.0 Å². The molecule has 0 heterocycles. The lowest BCUT2D eigenvalue weighted by molar-refractivity contribution is 0.133. The van der Waals surface area contributed by atoms with Gasteiger partial charge in [-0.2, -0.15) is 0 Å². The molecule has 0 aliphatic carbocycles. The fraction of sp³-hybridized carbons (Fsp3) is 0.250. The van der Waals surface area contributed by atoms with Gasteiger partial charge in [0, 0.05) is 23.2 Å². The standard InChI is InChI=1S/C16H17Cl2NO3S/c1-2-22-11-13-6-4-3-5-12(13)10-19-23(20,21)16-8-14(17)7-15(18)9-16/h3-9,19H,2,10-11H2,1H3. The van der Waals surface area contributed by atoms with E-state index in [2.05, 4.69) is 4.72 Å². The molecule has 124 valence electrons. The van der Waals surface area contributed by atoms with Crippen LogP contribution in [-0.4, -0.2) is 15.0 Å². The molecule has 0 unspecified atom stereocenters. The van der Waals surface area contributed by atoms with Crippen molar-refractivity contribution in [3.05, 3.63) is 63.6 Å². The maximum Gasteiger partial charge on any atom is 0.240 e. The van der Waals surface area contributed by atoms with E-state index in [1.807, 2.05) is 31.2 Å². The Bertz CT molecular complexity index is 758. The molecule has 0 saturated heterocycles. The van der Waals surface area contributed by atoms with Gasteiger partial charge in [0.1, 0.15) is 0 Å². The Balaban J connectivity index is 2.16. The van der Waals surface area contributed by atoms with Crippen molar-refractivity contribution >= 4 is 33.2 Å². The molecule has 0 radical (unpaired) electrons. The molecule has 1 N–H and O–H groups in total. The van der Waals surface area contributed by atoms with Gasteiger partial charge in [-0.1, -0.05) is 47.5 Å². The lowest BCUT2D eigenvalue weighted by atomic mass is 10.1. The fourth-order valence-corrected chi connectivity index (χ4v) is 3.75. The van der Waals surface area contributed by atoms with Crippen LogP contribution < -0.4 is 4.72 Å². The highest BCUT2D eigenvalue weighted by Crippen LogP contribution is 2.22. The number of hydrogen-bond acceptors (Lipinski definition) is 3. The number of benzene rings is 2. The Labute approximate surface area is 146 Å². The van der Waals surface area contributed by atoms with Gasteiger partial charge in [0.05, 0.1) is 11.5 Å². The molecule has 4 nitrogen and oxygen atoms in total. The lowest BCUT2D eigenvalue weighted by Crippen LogP contribution is -2.24. The third kappa shape index (κ3) is 5.19. The Morgan fingerprint density at radius 3 is 2.26 bits per heavy atom. The topological polar surface area (TPSA) is 55.4 Å². The molecule has 7 heteroatoms. The molecule has 0 amide bonds. The van der Waals surface area contributed by atoms with Gasteiger partial charge in [-0.3, -0.25) is 0 Å². The van der Waals surface area contributed by atoms with Gasteiger partial charge in [0.25, 0.3) is 0 Å². The maximum atomic E-state index is 12.4. The largest absolute Gasteiger partial charge is 0.377 e. The summed E-state index contributed by atoms with van der Waals surface area (Å²) in [5, 5.41) is 0.546. The molecule has 2 rings (SSSR count). The molecule has 0 aliphatic rings. The molecule has 0 spiro atoms. The van der Waals surface area contributed by atoms with E-state index < -0.39 is 10.0 Å². The number of ether oxygens (including phenoxy) is 1. The first-order valence-corrected chi connectivity index (χ1v) is 9.26. The summed E-state index contributed by atoms with van der Waals surface area (Å²) in [4.78, 5) is 0.0392. The van der Waals surface area contributed by atoms with E-state index >= 15 is 0 Å². The third-order valence-corrected chi connectivity index (χ3v) is 5.00. The van der Waals surface area contributed by atoms with Gasteiger partial charge in [-0.05, 0) is 36.2 Å². The zero-order valence-corrected chi connectivity index (χ0v) is 14.9. The summed E-state index contributed by atoms with van der Waals surface area (Å²) in [7, 11) is -3.70. The van der Waals surface area contributed by atoms with Crippen molar-refractivity contribution < 1.29 is 13.2 Å². The van der Waals surface area contributed by atoms with Crippen molar-refractivity contribution in [3.8, 4) is 0 Å². The molecule has 2 aromatic carbocycles. The predicted molar refractivity (Wildman–Crippen MR) is 92.3 cm³/mol. The van der Waals surface area contributed by atoms with Crippen molar-refractivity contribution in [2.75, 3.05) is 6.61 Å². The Hall–Kier alpha value is -1.11. The summed E-state index contributed by atoms with van der Waals surface area (Å²) in [6, 6.07) is 11.7. The molecular weight excluding hydrogens is 357 g/mol. The van der Waals surface area contributed by atoms with E-state index in [1.54, 1.807) is 0 Å². The van der Waals surface area contributed by atoms with Crippen LogP contribution >= 0.6 is 23.2 Å². The summed E-state index contributed by atoms with van der Waals surface area (Å²) in [5.41, 5.74) is 1.80.